The predicted octanol–water partition coefficient (Wildman–Crippen LogP) is 1.46. The van der Waals surface area contributed by atoms with Gasteiger partial charge >= 0.3 is 90.2 Å². The molecule has 1 nitrogen and oxygen atoms in total. The second-order valence-electron chi connectivity index (χ2n) is 3.29. The van der Waals surface area contributed by atoms with Crippen LogP contribution < -0.4 is 10.8 Å². The average Bonchev–Trinajstić information content (AvgIpc) is 2.58. The topological polar surface area (TPSA) is 12.0 Å². The molecule has 0 unspecified atom stereocenters. The summed E-state index contributed by atoms with van der Waals surface area (Å²) in [6.07, 6.45) is 9.98. The van der Waals surface area contributed by atoms with Crippen LogP contribution in [-0.2, 0) is 0 Å². The molecule has 0 amide bonds. The summed E-state index contributed by atoms with van der Waals surface area (Å²) in [6.45, 7) is 5.58. The van der Waals surface area contributed by atoms with E-state index in [0.717, 1.165) is 11.2 Å². The SMILES string of the molecule is C=Bc1ccc(C2=CC=CC=CN2)cc1. The molecule has 1 heterocycles. The van der Waals surface area contributed by atoms with Crippen LogP contribution in [0.5, 0.6) is 0 Å². The number of hydrogen-bond acceptors (Lipinski definition) is 1. The first-order valence-corrected chi connectivity index (χ1v) is 4.93. The molecule has 0 aromatic heterocycles. The Balaban J connectivity index is 2.29. The Kier molecular flexibility index (Phi) is 2.98. The third kappa shape index (κ3) is 2.35. The molecule has 1 aromatic carbocycles. The minimum absolute atomic E-state index is 1.11. The Morgan fingerprint density at radius 3 is 2.53 bits per heavy atom. The first-order valence-electron chi connectivity index (χ1n) is 4.93. The number of hydrogen-bond donors (Lipinski definition) is 1. The zero-order chi connectivity index (χ0) is 10.5. The van der Waals surface area contributed by atoms with Gasteiger partial charge in [0.05, 0.1) is 0 Å². The molecule has 0 fully saturated rings. The molecular formula is C13H12BN. The van der Waals surface area contributed by atoms with Crippen LogP contribution in [0.15, 0.2) is 54.8 Å². The molecule has 1 aromatic rings. The van der Waals surface area contributed by atoms with Gasteiger partial charge in [0.2, 0.25) is 0 Å². The summed E-state index contributed by atoms with van der Waals surface area (Å²) in [4.78, 5) is 0. The fourth-order valence-corrected chi connectivity index (χ4v) is 1.44. The van der Waals surface area contributed by atoms with Gasteiger partial charge in [0.15, 0.2) is 0 Å². The number of benzene rings is 1. The van der Waals surface area contributed by atoms with Gasteiger partial charge in [0.1, 0.15) is 0 Å². The summed E-state index contributed by atoms with van der Waals surface area (Å²) in [5.74, 6) is 0. The Hall–Kier alpha value is -1.83. The molecule has 0 spiro atoms. The maximum absolute atomic E-state index is 3.74. The van der Waals surface area contributed by atoms with Gasteiger partial charge in [-0.15, -0.1) is 0 Å². The standard InChI is InChI=1S/C13H12BN/c1-14-12-8-6-11(7-9-12)13-5-3-2-4-10-15-13/h2-10,15H,1H2. The van der Waals surface area contributed by atoms with Gasteiger partial charge in [0, 0.05) is 0 Å². The molecule has 0 atom stereocenters. The van der Waals surface area contributed by atoms with Crippen LogP contribution in [0.25, 0.3) is 5.70 Å². The first kappa shape index (κ1) is 9.72. The number of rotatable bonds is 2. The van der Waals surface area contributed by atoms with Crippen molar-refractivity contribution in [2.75, 3.05) is 0 Å². The molecule has 2 heteroatoms. The van der Waals surface area contributed by atoms with Crippen LogP contribution in [0.1, 0.15) is 5.56 Å². The van der Waals surface area contributed by atoms with E-state index in [0.29, 0.717) is 0 Å². The van der Waals surface area contributed by atoms with Crippen LogP contribution in [0.4, 0.5) is 0 Å². The van der Waals surface area contributed by atoms with Crippen molar-refractivity contribution in [3.63, 3.8) is 0 Å². The van der Waals surface area contributed by atoms with Crippen molar-refractivity contribution in [3.05, 3.63) is 60.3 Å². The van der Waals surface area contributed by atoms with Crippen LogP contribution in [0, 0.1) is 0 Å². The Bertz CT molecular complexity index is 438. The van der Waals surface area contributed by atoms with E-state index in [1.54, 1.807) is 0 Å². The normalized spacial score (nSPS) is 13.7. The molecule has 0 aliphatic carbocycles. The van der Waals surface area contributed by atoms with Gasteiger partial charge in [-0.05, 0) is 0 Å². The molecule has 15 heavy (non-hydrogen) atoms. The van der Waals surface area contributed by atoms with E-state index in [9.17, 15) is 0 Å². The van der Waals surface area contributed by atoms with Gasteiger partial charge in [-0.2, -0.15) is 0 Å². The monoisotopic (exact) mass is 193 g/mol. The van der Waals surface area contributed by atoms with E-state index in [1.807, 2.05) is 31.3 Å². The third-order valence-electron chi connectivity index (χ3n) is 2.28. The van der Waals surface area contributed by atoms with Gasteiger partial charge in [-0.3, -0.25) is 0 Å². The van der Waals surface area contributed by atoms with E-state index < -0.39 is 0 Å². The van der Waals surface area contributed by atoms with Crippen molar-refractivity contribution in [2.24, 2.45) is 0 Å². The van der Waals surface area contributed by atoms with Gasteiger partial charge < -0.3 is 0 Å². The molecule has 0 bridgehead atoms. The zero-order valence-corrected chi connectivity index (χ0v) is 8.48. The quantitative estimate of drug-likeness (QED) is 0.701. The summed E-state index contributed by atoms with van der Waals surface area (Å²) in [5, 5.41) is 3.23. The average molecular weight is 193 g/mol. The van der Waals surface area contributed by atoms with Crippen molar-refractivity contribution in [1.82, 2.24) is 5.32 Å². The summed E-state index contributed by atoms with van der Waals surface area (Å²) < 4.78 is 0. The number of allylic oxidation sites excluding steroid dienone is 4. The molecule has 1 N–H and O–H groups in total. The summed E-state index contributed by atoms with van der Waals surface area (Å²) in [7, 11) is 0. The zero-order valence-electron chi connectivity index (χ0n) is 8.48. The van der Waals surface area contributed by atoms with Crippen molar-refractivity contribution >= 4 is 24.5 Å². The fraction of sp³-hybridized carbons (Fsp3) is 0. The van der Waals surface area contributed by atoms with Crippen LogP contribution in [0.3, 0.4) is 0 Å². The molecule has 0 radical (unpaired) electrons. The molecule has 1 aliphatic heterocycles. The van der Waals surface area contributed by atoms with Crippen molar-refractivity contribution in [2.45, 2.75) is 0 Å². The second-order valence-corrected chi connectivity index (χ2v) is 3.29. The number of nitrogens with one attached hydrogen (secondary N) is 1. The van der Waals surface area contributed by atoms with Gasteiger partial charge in [-0.25, -0.2) is 0 Å². The second kappa shape index (κ2) is 4.60. The van der Waals surface area contributed by atoms with Crippen LogP contribution in [0.2, 0.25) is 0 Å². The summed E-state index contributed by atoms with van der Waals surface area (Å²) in [5.41, 5.74) is 3.42. The van der Waals surface area contributed by atoms with E-state index in [1.165, 1.54) is 5.56 Å². The van der Waals surface area contributed by atoms with Crippen molar-refractivity contribution in [1.29, 1.82) is 0 Å². The maximum atomic E-state index is 3.74. The molecule has 72 valence electrons. The Morgan fingerprint density at radius 1 is 1.00 bits per heavy atom. The van der Waals surface area contributed by atoms with E-state index >= 15 is 0 Å². The van der Waals surface area contributed by atoms with Gasteiger partial charge in [-0.1, -0.05) is 0 Å². The van der Waals surface area contributed by atoms with E-state index in [4.69, 9.17) is 0 Å². The Labute approximate surface area is 90.7 Å². The Morgan fingerprint density at radius 2 is 1.80 bits per heavy atom. The van der Waals surface area contributed by atoms with Crippen LogP contribution >= 0.6 is 0 Å². The molecule has 2 rings (SSSR count). The third-order valence-corrected chi connectivity index (χ3v) is 2.28. The molecular weight excluding hydrogens is 181 g/mol. The van der Waals surface area contributed by atoms with Gasteiger partial charge in [0.25, 0.3) is 0 Å². The van der Waals surface area contributed by atoms with Crippen molar-refractivity contribution in [3.8, 4) is 0 Å². The minimum atomic E-state index is 1.11. The molecule has 0 saturated carbocycles. The fourth-order valence-electron chi connectivity index (χ4n) is 1.44. The first-order chi connectivity index (χ1) is 7.40. The summed E-state index contributed by atoms with van der Waals surface area (Å²) in [6, 6.07) is 8.29. The summed E-state index contributed by atoms with van der Waals surface area (Å²) >= 11 is 0. The molecule has 0 saturated heterocycles. The predicted molar refractivity (Wildman–Crippen MR) is 68.3 cm³/mol. The molecule has 1 aliphatic rings. The van der Waals surface area contributed by atoms with Crippen molar-refractivity contribution < 1.29 is 0 Å². The van der Waals surface area contributed by atoms with E-state index in [-0.39, 0.29) is 0 Å². The van der Waals surface area contributed by atoms with Crippen LogP contribution in [-0.4, -0.2) is 13.4 Å². The van der Waals surface area contributed by atoms with E-state index in [2.05, 4.69) is 42.1 Å².